The van der Waals surface area contributed by atoms with Crippen LogP contribution >= 0.6 is 35.4 Å². The molecule has 1 rings (SSSR count). The zero-order valence-electron chi connectivity index (χ0n) is 11.5. The molecule has 112 valence electrons. The zero-order chi connectivity index (χ0) is 15.0. The van der Waals surface area contributed by atoms with E-state index in [2.05, 4.69) is 5.32 Å². The minimum Gasteiger partial charge on any atom is -0.383 e. The van der Waals surface area contributed by atoms with E-state index < -0.39 is 0 Å². The summed E-state index contributed by atoms with van der Waals surface area (Å²) in [6, 6.07) is 5.29. The van der Waals surface area contributed by atoms with Crippen molar-refractivity contribution in [3.05, 3.63) is 28.2 Å². The van der Waals surface area contributed by atoms with E-state index in [1.54, 1.807) is 26.4 Å². The van der Waals surface area contributed by atoms with Crippen molar-refractivity contribution in [3.63, 3.8) is 0 Å². The highest BCUT2D eigenvalue weighted by Crippen LogP contribution is 2.25. The van der Waals surface area contributed by atoms with E-state index in [4.69, 9.17) is 44.9 Å². The average molecular weight is 337 g/mol. The number of ether oxygens (including phenoxy) is 2. The normalized spacial score (nSPS) is 10.4. The Morgan fingerprint density at radius 1 is 1.15 bits per heavy atom. The highest BCUT2D eigenvalue weighted by atomic mass is 35.5. The first-order valence-electron chi connectivity index (χ1n) is 6.07. The molecule has 1 aromatic rings. The van der Waals surface area contributed by atoms with E-state index in [0.717, 1.165) is 5.69 Å². The third kappa shape index (κ3) is 5.81. The van der Waals surface area contributed by atoms with Gasteiger partial charge in [0.15, 0.2) is 5.11 Å². The Balaban J connectivity index is 2.65. The lowest BCUT2D eigenvalue weighted by molar-refractivity contribution is 0.147. The number of nitrogens with one attached hydrogen (secondary N) is 1. The SMILES string of the molecule is COCCN(CCOC)C(=S)Nc1ccc(Cl)c(Cl)c1. The summed E-state index contributed by atoms with van der Waals surface area (Å²) in [5, 5.41) is 4.72. The van der Waals surface area contributed by atoms with Crippen molar-refractivity contribution in [2.24, 2.45) is 0 Å². The van der Waals surface area contributed by atoms with Crippen molar-refractivity contribution in [1.82, 2.24) is 4.90 Å². The maximum Gasteiger partial charge on any atom is 0.173 e. The van der Waals surface area contributed by atoms with E-state index >= 15 is 0 Å². The Bertz CT molecular complexity index is 438. The van der Waals surface area contributed by atoms with Crippen LogP contribution in [0.1, 0.15) is 0 Å². The Hall–Kier alpha value is -0.590. The summed E-state index contributed by atoms with van der Waals surface area (Å²) in [5.74, 6) is 0. The molecule has 0 aliphatic heterocycles. The van der Waals surface area contributed by atoms with Gasteiger partial charge in [0.1, 0.15) is 0 Å². The molecule has 1 N–H and O–H groups in total. The zero-order valence-corrected chi connectivity index (χ0v) is 13.8. The first kappa shape index (κ1) is 17.5. The summed E-state index contributed by atoms with van der Waals surface area (Å²) < 4.78 is 10.2. The van der Waals surface area contributed by atoms with Gasteiger partial charge in [-0.2, -0.15) is 0 Å². The number of nitrogens with zero attached hydrogens (tertiary/aromatic N) is 1. The predicted molar refractivity (Wildman–Crippen MR) is 88.0 cm³/mol. The topological polar surface area (TPSA) is 33.7 Å². The number of methoxy groups -OCH3 is 2. The molecule has 0 heterocycles. The maximum absolute atomic E-state index is 5.98. The molecule has 0 amide bonds. The molecule has 0 unspecified atom stereocenters. The van der Waals surface area contributed by atoms with Gasteiger partial charge in [-0.3, -0.25) is 0 Å². The number of benzene rings is 1. The van der Waals surface area contributed by atoms with E-state index in [0.29, 0.717) is 41.5 Å². The van der Waals surface area contributed by atoms with Crippen molar-refractivity contribution in [2.75, 3.05) is 45.8 Å². The quantitative estimate of drug-likeness (QED) is 0.772. The fourth-order valence-corrected chi connectivity index (χ4v) is 2.09. The van der Waals surface area contributed by atoms with Crippen molar-refractivity contribution >= 4 is 46.2 Å². The van der Waals surface area contributed by atoms with Crippen molar-refractivity contribution in [1.29, 1.82) is 0 Å². The van der Waals surface area contributed by atoms with Gasteiger partial charge in [0.25, 0.3) is 0 Å². The summed E-state index contributed by atoms with van der Waals surface area (Å²) >= 11 is 17.2. The Morgan fingerprint density at radius 2 is 1.75 bits per heavy atom. The number of rotatable bonds is 7. The van der Waals surface area contributed by atoms with Crippen molar-refractivity contribution in [3.8, 4) is 0 Å². The van der Waals surface area contributed by atoms with Gasteiger partial charge in [0.05, 0.1) is 23.3 Å². The molecule has 4 nitrogen and oxygen atoms in total. The van der Waals surface area contributed by atoms with Crippen LogP contribution in [0.15, 0.2) is 18.2 Å². The van der Waals surface area contributed by atoms with E-state index in [1.165, 1.54) is 0 Å². The molecule has 20 heavy (non-hydrogen) atoms. The summed E-state index contributed by atoms with van der Waals surface area (Å²) in [4.78, 5) is 1.98. The summed E-state index contributed by atoms with van der Waals surface area (Å²) in [6.07, 6.45) is 0. The molecule has 0 aliphatic carbocycles. The molecule has 0 fully saturated rings. The lowest BCUT2D eigenvalue weighted by atomic mass is 10.3. The largest absolute Gasteiger partial charge is 0.383 e. The summed E-state index contributed by atoms with van der Waals surface area (Å²) in [6.45, 7) is 2.56. The minimum absolute atomic E-state index is 0.486. The van der Waals surface area contributed by atoms with Crippen LogP contribution in [-0.4, -0.2) is 50.5 Å². The predicted octanol–water partition coefficient (Wildman–Crippen LogP) is 3.29. The summed E-state index contributed by atoms with van der Waals surface area (Å²) in [5.41, 5.74) is 0.796. The Kier molecular flexibility index (Phi) is 8.18. The molecule has 1 aromatic carbocycles. The number of thiocarbonyl (C=S) groups is 1. The molecular formula is C13H18Cl2N2O2S. The van der Waals surface area contributed by atoms with Crippen LogP contribution in [0.5, 0.6) is 0 Å². The molecule has 0 radical (unpaired) electrons. The van der Waals surface area contributed by atoms with Crippen LogP contribution in [0.3, 0.4) is 0 Å². The van der Waals surface area contributed by atoms with Crippen LogP contribution in [-0.2, 0) is 9.47 Å². The first-order chi connectivity index (χ1) is 9.58. The van der Waals surface area contributed by atoms with E-state index in [9.17, 15) is 0 Å². The van der Waals surface area contributed by atoms with Crippen molar-refractivity contribution in [2.45, 2.75) is 0 Å². The van der Waals surface area contributed by atoms with Crippen LogP contribution in [0.4, 0.5) is 5.69 Å². The van der Waals surface area contributed by atoms with Crippen LogP contribution in [0, 0.1) is 0 Å². The van der Waals surface area contributed by atoms with Gasteiger partial charge in [-0.15, -0.1) is 0 Å². The van der Waals surface area contributed by atoms with Gasteiger partial charge < -0.3 is 19.7 Å². The highest BCUT2D eigenvalue weighted by Gasteiger charge is 2.10. The highest BCUT2D eigenvalue weighted by molar-refractivity contribution is 7.80. The van der Waals surface area contributed by atoms with Gasteiger partial charge >= 0.3 is 0 Å². The van der Waals surface area contributed by atoms with Gasteiger partial charge in [0.2, 0.25) is 0 Å². The molecule has 0 saturated carbocycles. The molecule has 0 atom stereocenters. The van der Waals surface area contributed by atoms with Gasteiger partial charge in [0, 0.05) is 33.0 Å². The second kappa shape index (κ2) is 9.37. The van der Waals surface area contributed by atoms with Crippen LogP contribution < -0.4 is 5.32 Å². The monoisotopic (exact) mass is 336 g/mol. The van der Waals surface area contributed by atoms with Gasteiger partial charge in [-0.1, -0.05) is 23.2 Å². The number of hydrogen-bond donors (Lipinski definition) is 1. The molecule has 0 bridgehead atoms. The molecule has 0 aromatic heterocycles. The first-order valence-corrected chi connectivity index (χ1v) is 7.23. The minimum atomic E-state index is 0.486. The number of halogens is 2. The number of hydrogen-bond acceptors (Lipinski definition) is 3. The average Bonchev–Trinajstić information content (AvgIpc) is 2.43. The fraction of sp³-hybridized carbons (Fsp3) is 0.462. The second-order valence-corrected chi connectivity index (χ2v) is 5.23. The van der Waals surface area contributed by atoms with Crippen LogP contribution in [0.2, 0.25) is 10.0 Å². The Labute approximate surface area is 134 Å². The lowest BCUT2D eigenvalue weighted by Gasteiger charge is -2.25. The molecule has 0 saturated heterocycles. The maximum atomic E-state index is 5.98. The van der Waals surface area contributed by atoms with E-state index in [1.807, 2.05) is 11.0 Å². The molecule has 0 aliphatic rings. The molecule has 7 heteroatoms. The smallest absolute Gasteiger partial charge is 0.173 e. The van der Waals surface area contributed by atoms with E-state index in [-0.39, 0.29) is 0 Å². The van der Waals surface area contributed by atoms with Gasteiger partial charge in [-0.05, 0) is 30.4 Å². The Morgan fingerprint density at radius 3 is 2.25 bits per heavy atom. The molecular weight excluding hydrogens is 319 g/mol. The third-order valence-electron chi connectivity index (χ3n) is 2.59. The lowest BCUT2D eigenvalue weighted by Crippen LogP contribution is -2.39. The molecule has 0 spiro atoms. The fourth-order valence-electron chi connectivity index (χ4n) is 1.49. The number of anilines is 1. The second-order valence-electron chi connectivity index (χ2n) is 4.03. The van der Waals surface area contributed by atoms with Gasteiger partial charge in [-0.25, -0.2) is 0 Å². The van der Waals surface area contributed by atoms with Crippen molar-refractivity contribution < 1.29 is 9.47 Å². The standard InChI is InChI=1S/C13H18Cl2N2O2S/c1-18-7-5-17(6-8-19-2)13(20)16-10-3-4-11(14)12(15)9-10/h3-4,9H,5-8H2,1-2H3,(H,16,20). The van der Waals surface area contributed by atoms with Crippen LogP contribution in [0.25, 0.3) is 0 Å². The third-order valence-corrected chi connectivity index (χ3v) is 3.69. The summed E-state index contributed by atoms with van der Waals surface area (Å²) in [7, 11) is 3.31.